The molecule has 2 aromatic heterocycles. The van der Waals surface area contributed by atoms with E-state index >= 15 is 0 Å². The lowest BCUT2D eigenvalue weighted by molar-refractivity contribution is 1.56. The van der Waals surface area contributed by atoms with Crippen molar-refractivity contribution in [2.24, 2.45) is 0 Å². The summed E-state index contributed by atoms with van der Waals surface area (Å²) < 4.78 is 3.32. The molecule has 0 aliphatic carbocycles. The molecule has 3 rings (SSSR count). The van der Waals surface area contributed by atoms with Crippen molar-refractivity contribution >= 4 is 40.3 Å². The standard InChI is InChI=1S/C8H5NS3/c1-3-10-7-5(1)9-12-6-2-4-11-8(6)7/h1-4,9H. The number of thiophene rings is 2. The fraction of sp³-hybridized carbons (Fsp3) is 0. The first-order valence-corrected chi connectivity index (χ1v) is 6.11. The molecule has 0 amide bonds. The summed E-state index contributed by atoms with van der Waals surface area (Å²) in [6.07, 6.45) is 0. The Labute approximate surface area is 82.6 Å². The molecular weight excluding hydrogens is 206 g/mol. The molecule has 1 aliphatic rings. The van der Waals surface area contributed by atoms with E-state index in [0.29, 0.717) is 0 Å². The van der Waals surface area contributed by atoms with Gasteiger partial charge in [-0.3, -0.25) is 0 Å². The smallest absolute Gasteiger partial charge is 0.0694 e. The van der Waals surface area contributed by atoms with Crippen LogP contribution in [0.3, 0.4) is 0 Å². The van der Waals surface area contributed by atoms with Crippen LogP contribution in [0.5, 0.6) is 0 Å². The first kappa shape index (κ1) is 7.00. The van der Waals surface area contributed by atoms with Crippen molar-refractivity contribution in [2.75, 3.05) is 4.72 Å². The maximum atomic E-state index is 3.32. The van der Waals surface area contributed by atoms with Crippen molar-refractivity contribution in [1.29, 1.82) is 0 Å². The molecule has 4 heteroatoms. The summed E-state index contributed by atoms with van der Waals surface area (Å²) in [5.74, 6) is 0. The second kappa shape index (κ2) is 2.52. The molecule has 0 radical (unpaired) electrons. The zero-order valence-electron chi connectivity index (χ0n) is 6.03. The van der Waals surface area contributed by atoms with Crippen LogP contribution in [0.4, 0.5) is 5.69 Å². The van der Waals surface area contributed by atoms with Crippen molar-refractivity contribution in [2.45, 2.75) is 4.90 Å². The van der Waals surface area contributed by atoms with Crippen LogP contribution in [0, 0.1) is 0 Å². The highest BCUT2D eigenvalue weighted by Crippen LogP contribution is 2.47. The zero-order chi connectivity index (χ0) is 7.97. The van der Waals surface area contributed by atoms with E-state index in [9.17, 15) is 0 Å². The molecule has 3 heterocycles. The second-order valence-electron chi connectivity index (χ2n) is 2.48. The van der Waals surface area contributed by atoms with E-state index in [0.717, 1.165) is 0 Å². The molecule has 0 atom stereocenters. The van der Waals surface area contributed by atoms with Gasteiger partial charge in [-0.05, 0) is 34.8 Å². The molecule has 0 saturated carbocycles. The molecule has 0 bridgehead atoms. The van der Waals surface area contributed by atoms with E-state index in [2.05, 4.69) is 27.6 Å². The first-order valence-electron chi connectivity index (χ1n) is 3.53. The molecule has 1 aliphatic heterocycles. The van der Waals surface area contributed by atoms with Gasteiger partial charge in [0.25, 0.3) is 0 Å². The molecule has 2 aromatic rings. The van der Waals surface area contributed by atoms with Gasteiger partial charge in [0.15, 0.2) is 0 Å². The number of rotatable bonds is 0. The predicted molar refractivity (Wildman–Crippen MR) is 57.1 cm³/mol. The third-order valence-corrected chi connectivity index (χ3v) is 4.78. The minimum absolute atomic E-state index is 1.26. The highest BCUT2D eigenvalue weighted by molar-refractivity contribution is 8.01. The van der Waals surface area contributed by atoms with Crippen LogP contribution in [0.2, 0.25) is 0 Å². The minimum Gasteiger partial charge on any atom is -0.324 e. The Bertz CT molecular complexity index is 375. The summed E-state index contributed by atoms with van der Waals surface area (Å²) in [5.41, 5.74) is 1.26. The molecule has 0 saturated heterocycles. The molecule has 0 aromatic carbocycles. The predicted octanol–water partition coefficient (Wildman–Crippen LogP) is 3.91. The third-order valence-electron chi connectivity index (χ3n) is 1.77. The number of nitrogens with one attached hydrogen (secondary N) is 1. The molecule has 0 fully saturated rings. The number of fused-ring (bicyclic) bond motifs is 3. The Balaban J connectivity index is 2.32. The number of hydrogen-bond donors (Lipinski definition) is 1. The average Bonchev–Trinajstić information content (AvgIpc) is 2.71. The van der Waals surface area contributed by atoms with Crippen LogP contribution in [-0.2, 0) is 0 Å². The van der Waals surface area contributed by atoms with Gasteiger partial charge in [0, 0.05) is 4.90 Å². The Morgan fingerprint density at radius 1 is 1.00 bits per heavy atom. The molecule has 12 heavy (non-hydrogen) atoms. The van der Waals surface area contributed by atoms with Crippen molar-refractivity contribution in [3.05, 3.63) is 22.9 Å². The normalized spacial score (nSPS) is 13.3. The lowest BCUT2D eigenvalue weighted by Crippen LogP contribution is -1.91. The monoisotopic (exact) mass is 211 g/mol. The van der Waals surface area contributed by atoms with Crippen LogP contribution in [0.15, 0.2) is 27.8 Å². The molecule has 60 valence electrons. The molecule has 0 unspecified atom stereocenters. The van der Waals surface area contributed by atoms with Crippen LogP contribution in [0.1, 0.15) is 0 Å². The van der Waals surface area contributed by atoms with Crippen LogP contribution in [-0.4, -0.2) is 0 Å². The first-order chi connectivity index (χ1) is 5.95. The van der Waals surface area contributed by atoms with Crippen LogP contribution < -0.4 is 4.72 Å². The maximum absolute atomic E-state index is 3.32. The van der Waals surface area contributed by atoms with E-state index in [1.54, 1.807) is 11.9 Å². The van der Waals surface area contributed by atoms with E-state index < -0.39 is 0 Å². The van der Waals surface area contributed by atoms with Crippen molar-refractivity contribution in [3.63, 3.8) is 0 Å². The van der Waals surface area contributed by atoms with Crippen LogP contribution in [0.25, 0.3) is 9.75 Å². The maximum Gasteiger partial charge on any atom is 0.0694 e. The quantitative estimate of drug-likeness (QED) is 0.663. The molecule has 1 N–H and O–H groups in total. The van der Waals surface area contributed by atoms with Crippen molar-refractivity contribution in [3.8, 4) is 9.75 Å². The largest absolute Gasteiger partial charge is 0.324 e. The fourth-order valence-electron chi connectivity index (χ4n) is 1.22. The third kappa shape index (κ3) is 0.856. The van der Waals surface area contributed by atoms with Gasteiger partial charge in [-0.25, -0.2) is 0 Å². The summed E-state index contributed by atoms with van der Waals surface area (Å²) >= 11 is 5.34. The number of hydrogen-bond acceptors (Lipinski definition) is 4. The van der Waals surface area contributed by atoms with Gasteiger partial charge < -0.3 is 4.72 Å². The lowest BCUT2D eigenvalue weighted by atomic mass is 10.3. The van der Waals surface area contributed by atoms with Gasteiger partial charge in [-0.2, -0.15) is 0 Å². The summed E-state index contributed by atoms with van der Waals surface area (Å²) in [4.78, 5) is 4.16. The van der Waals surface area contributed by atoms with E-state index in [-0.39, 0.29) is 0 Å². The molecular formula is C8H5NS3. The van der Waals surface area contributed by atoms with Gasteiger partial charge in [-0.1, -0.05) is 0 Å². The van der Waals surface area contributed by atoms with Gasteiger partial charge >= 0.3 is 0 Å². The summed E-state index contributed by atoms with van der Waals surface area (Å²) in [6, 6.07) is 4.30. The highest BCUT2D eigenvalue weighted by atomic mass is 32.2. The van der Waals surface area contributed by atoms with Gasteiger partial charge in [0.2, 0.25) is 0 Å². The SMILES string of the molecule is c1cc2c(s1)-c1sccc1SN2. The lowest BCUT2D eigenvalue weighted by Gasteiger charge is -2.12. The van der Waals surface area contributed by atoms with Crippen molar-refractivity contribution < 1.29 is 0 Å². The Morgan fingerprint density at radius 2 is 1.83 bits per heavy atom. The van der Waals surface area contributed by atoms with E-state index in [4.69, 9.17) is 0 Å². The minimum atomic E-state index is 1.26. The summed E-state index contributed by atoms with van der Waals surface area (Å²) in [7, 11) is 0. The Hall–Kier alpha value is -0.450. The zero-order valence-corrected chi connectivity index (χ0v) is 8.48. The van der Waals surface area contributed by atoms with E-state index in [1.807, 2.05) is 22.7 Å². The molecule has 1 nitrogen and oxygen atoms in total. The summed E-state index contributed by atoms with van der Waals surface area (Å²) in [6.45, 7) is 0. The molecule has 0 spiro atoms. The van der Waals surface area contributed by atoms with Gasteiger partial charge in [0.1, 0.15) is 0 Å². The summed E-state index contributed by atoms with van der Waals surface area (Å²) in [5, 5.41) is 4.28. The second-order valence-corrected chi connectivity index (χ2v) is 5.16. The fourth-order valence-corrected chi connectivity index (χ4v) is 4.26. The topological polar surface area (TPSA) is 12.0 Å². The van der Waals surface area contributed by atoms with Crippen molar-refractivity contribution in [1.82, 2.24) is 0 Å². The van der Waals surface area contributed by atoms with E-state index in [1.165, 1.54) is 20.3 Å². The van der Waals surface area contributed by atoms with Gasteiger partial charge in [0.05, 0.1) is 15.4 Å². The Morgan fingerprint density at radius 3 is 2.83 bits per heavy atom. The Kier molecular flexibility index (Phi) is 1.47. The number of anilines is 1. The highest BCUT2D eigenvalue weighted by Gasteiger charge is 2.18. The average molecular weight is 211 g/mol. The van der Waals surface area contributed by atoms with Gasteiger partial charge in [-0.15, -0.1) is 22.7 Å². The van der Waals surface area contributed by atoms with Crippen LogP contribution >= 0.6 is 34.6 Å².